The molecule has 0 heterocycles. The Balaban J connectivity index is 2.05. The van der Waals surface area contributed by atoms with E-state index >= 15 is 0 Å². The zero-order chi connectivity index (χ0) is 19.5. The van der Waals surface area contributed by atoms with E-state index in [0.717, 1.165) is 6.26 Å². The predicted molar refractivity (Wildman–Crippen MR) is 96.3 cm³/mol. The summed E-state index contributed by atoms with van der Waals surface area (Å²) in [5.41, 5.74) is 0.511. The fraction of sp³-hybridized carbons (Fsp3) is 0.176. The van der Waals surface area contributed by atoms with Crippen LogP contribution in [0.4, 0.5) is 5.69 Å². The summed E-state index contributed by atoms with van der Waals surface area (Å²) in [6.45, 7) is 0.987. The number of benzene rings is 2. The minimum absolute atomic E-state index is 0.0149. The van der Waals surface area contributed by atoms with Crippen LogP contribution >= 0.6 is 11.6 Å². The Kier molecular flexibility index (Phi) is 5.89. The maximum Gasteiger partial charge on any atom is 0.342 e. The number of carbonyl (C=O) groups is 2. The summed E-state index contributed by atoms with van der Waals surface area (Å²) in [6, 6.07) is 8.43. The summed E-state index contributed by atoms with van der Waals surface area (Å²) in [7, 11) is -3.47. The van der Waals surface area contributed by atoms with E-state index in [4.69, 9.17) is 16.3 Å². The molecule has 1 amide bonds. The van der Waals surface area contributed by atoms with Crippen LogP contribution in [0, 0.1) is 6.92 Å². The SMILES string of the molecule is Cc1cccc(C(=O)OCC(=O)Nc2cc(S(C)(=O)=O)ccc2Cl)c1O. The molecular formula is C17H16ClNO6S. The maximum atomic E-state index is 12.0. The van der Waals surface area contributed by atoms with E-state index in [9.17, 15) is 23.1 Å². The minimum Gasteiger partial charge on any atom is -0.507 e. The van der Waals surface area contributed by atoms with E-state index in [-0.39, 0.29) is 26.9 Å². The molecule has 0 bridgehead atoms. The van der Waals surface area contributed by atoms with Gasteiger partial charge in [0.15, 0.2) is 16.4 Å². The van der Waals surface area contributed by atoms with E-state index < -0.39 is 28.3 Å². The van der Waals surface area contributed by atoms with Crippen LogP contribution in [0.25, 0.3) is 0 Å². The highest BCUT2D eigenvalue weighted by molar-refractivity contribution is 7.90. The number of anilines is 1. The van der Waals surface area contributed by atoms with Crippen LogP contribution in [0.5, 0.6) is 5.75 Å². The number of carbonyl (C=O) groups excluding carboxylic acids is 2. The highest BCUT2D eigenvalue weighted by Gasteiger charge is 2.17. The first kappa shape index (κ1) is 19.7. The maximum absolute atomic E-state index is 12.0. The molecule has 0 atom stereocenters. The van der Waals surface area contributed by atoms with E-state index in [1.54, 1.807) is 19.1 Å². The number of hydrogen-bond donors (Lipinski definition) is 2. The number of ether oxygens (including phenoxy) is 1. The van der Waals surface area contributed by atoms with E-state index in [1.807, 2.05) is 0 Å². The van der Waals surface area contributed by atoms with Crippen molar-refractivity contribution in [2.75, 3.05) is 18.2 Å². The number of nitrogens with one attached hydrogen (secondary N) is 1. The molecule has 0 aliphatic carbocycles. The molecule has 0 saturated carbocycles. The highest BCUT2D eigenvalue weighted by atomic mass is 35.5. The summed E-state index contributed by atoms with van der Waals surface area (Å²) in [6.07, 6.45) is 1.03. The van der Waals surface area contributed by atoms with E-state index in [1.165, 1.54) is 24.3 Å². The average Bonchev–Trinajstić information content (AvgIpc) is 2.56. The molecule has 2 rings (SSSR count). The van der Waals surface area contributed by atoms with Gasteiger partial charge in [0.25, 0.3) is 5.91 Å². The fourth-order valence-electron chi connectivity index (χ4n) is 2.05. The van der Waals surface area contributed by atoms with Gasteiger partial charge in [0, 0.05) is 6.26 Å². The second kappa shape index (κ2) is 7.76. The Morgan fingerprint density at radius 2 is 1.92 bits per heavy atom. The van der Waals surface area contributed by atoms with Gasteiger partial charge in [0.2, 0.25) is 0 Å². The lowest BCUT2D eigenvalue weighted by atomic mass is 10.1. The molecule has 0 radical (unpaired) electrons. The van der Waals surface area contributed by atoms with Gasteiger partial charge in [0.1, 0.15) is 11.3 Å². The van der Waals surface area contributed by atoms with Gasteiger partial charge in [-0.3, -0.25) is 4.79 Å². The van der Waals surface area contributed by atoms with E-state index in [2.05, 4.69) is 5.32 Å². The van der Waals surface area contributed by atoms with Crippen LogP contribution in [0.2, 0.25) is 5.02 Å². The smallest absolute Gasteiger partial charge is 0.342 e. The van der Waals surface area contributed by atoms with Crippen LogP contribution in [-0.2, 0) is 19.4 Å². The zero-order valence-electron chi connectivity index (χ0n) is 13.9. The van der Waals surface area contributed by atoms with Crippen molar-refractivity contribution in [3.8, 4) is 5.75 Å². The molecule has 0 unspecified atom stereocenters. The third-order valence-corrected chi connectivity index (χ3v) is 4.87. The van der Waals surface area contributed by atoms with Crippen LogP contribution < -0.4 is 5.32 Å². The Morgan fingerprint density at radius 1 is 1.23 bits per heavy atom. The molecule has 0 aromatic heterocycles. The second-order valence-corrected chi connectivity index (χ2v) is 7.93. The molecule has 26 heavy (non-hydrogen) atoms. The van der Waals surface area contributed by atoms with Crippen molar-refractivity contribution in [1.29, 1.82) is 0 Å². The predicted octanol–water partition coefficient (Wildman–Crippen LogP) is 2.55. The van der Waals surface area contributed by atoms with Crippen LogP contribution in [-0.4, -0.2) is 38.3 Å². The first-order chi connectivity index (χ1) is 12.1. The molecule has 0 aliphatic rings. The van der Waals surface area contributed by atoms with Crippen molar-refractivity contribution >= 4 is 39.0 Å². The summed E-state index contributed by atoms with van der Waals surface area (Å²) in [4.78, 5) is 23.9. The number of phenolic OH excluding ortho intramolecular Hbond substituents is 1. The van der Waals surface area contributed by atoms with Gasteiger partial charge >= 0.3 is 5.97 Å². The first-order valence-electron chi connectivity index (χ1n) is 7.34. The van der Waals surface area contributed by atoms with Crippen molar-refractivity contribution < 1.29 is 27.9 Å². The largest absolute Gasteiger partial charge is 0.507 e. The normalized spacial score (nSPS) is 11.0. The molecule has 0 aliphatic heterocycles. The third-order valence-electron chi connectivity index (χ3n) is 3.43. The number of phenols is 1. The number of para-hydroxylation sites is 1. The zero-order valence-corrected chi connectivity index (χ0v) is 15.5. The molecular weight excluding hydrogens is 382 g/mol. The first-order valence-corrected chi connectivity index (χ1v) is 9.61. The number of amides is 1. The van der Waals surface area contributed by atoms with Crippen molar-refractivity contribution in [2.24, 2.45) is 0 Å². The van der Waals surface area contributed by atoms with Crippen molar-refractivity contribution in [1.82, 2.24) is 0 Å². The van der Waals surface area contributed by atoms with Crippen molar-refractivity contribution in [3.63, 3.8) is 0 Å². The lowest BCUT2D eigenvalue weighted by molar-refractivity contribution is -0.119. The Hall–Kier alpha value is -2.58. The highest BCUT2D eigenvalue weighted by Crippen LogP contribution is 2.25. The molecule has 2 aromatic rings. The number of halogens is 1. The third kappa shape index (κ3) is 4.74. The number of sulfone groups is 1. The Bertz CT molecular complexity index is 971. The lowest BCUT2D eigenvalue weighted by Gasteiger charge is -2.10. The molecule has 9 heteroatoms. The van der Waals surface area contributed by atoms with Gasteiger partial charge in [-0.2, -0.15) is 0 Å². The quantitative estimate of drug-likeness (QED) is 0.750. The average molecular weight is 398 g/mol. The molecule has 2 N–H and O–H groups in total. The number of esters is 1. The molecule has 0 fully saturated rings. The van der Waals surface area contributed by atoms with Crippen LogP contribution in [0.3, 0.4) is 0 Å². The van der Waals surface area contributed by atoms with Gasteiger partial charge in [-0.15, -0.1) is 0 Å². The topological polar surface area (TPSA) is 110 Å². The minimum atomic E-state index is -3.47. The van der Waals surface area contributed by atoms with Crippen LogP contribution in [0.1, 0.15) is 15.9 Å². The molecule has 0 spiro atoms. The van der Waals surface area contributed by atoms with Crippen molar-refractivity contribution in [2.45, 2.75) is 11.8 Å². The van der Waals surface area contributed by atoms with Crippen LogP contribution in [0.15, 0.2) is 41.3 Å². The second-order valence-electron chi connectivity index (χ2n) is 5.51. The van der Waals surface area contributed by atoms with Gasteiger partial charge < -0.3 is 15.2 Å². The number of aryl methyl sites for hydroxylation is 1. The summed E-state index contributed by atoms with van der Waals surface area (Å²) < 4.78 is 28.0. The molecule has 138 valence electrons. The lowest BCUT2D eigenvalue weighted by Crippen LogP contribution is -2.21. The molecule has 0 saturated heterocycles. The van der Waals surface area contributed by atoms with Gasteiger partial charge in [-0.05, 0) is 36.8 Å². The van der Waals surface area contributed by atoms with Crippen molar-refractivity contribution in [3.05, 3.63) is 52.5 Å². The summed E-state index contributed by atoms with van der Waals surface area (Å²) in [5.74, 6) is -1.79. The summed E-state index contributed by atoms with van der Waals surface area (Å²) in [5, 5.41) is 12.3. The van der Waals surface area contributed by atoms with Gasteiger partial charge in [-0.25, -0.2) is 13.2 Å². The van der Waals surface area contributed by atoms with E-state index in [0.29, 0.717) is 5.56 Å². The van der Waals surface area contributed by atoms with Gasteiger partial charge in [-0.1, -0.05) is 23.7 Å². The number of rotatable bonds is 5. The summed E-state index contributed by atoms with van der Waals surface area (Å²) >= 11 is 5.94. The van der Waals surface area contributed by atoms with Gasteiger partial charge in [0.05, 0.1) is 15.6 Å². The monoisotopic (exact) mass is 397 g/mol. The Labute approximate surface area is 155 Å². The molecule has 7 nitrogen and oxygen atoms in total. The number of aromatic hydroxyl groups is 1. The Morgan fingerprint density at radius 3 is 2.58 bits per heavy atom. The number of hydrogen-bond acceptors (Lipinski definition) is 6. The fourth-order valence-corrected chi connectivity index (χ4v) is 2.86. The standard InChI is InChI=1S/C17H16ClNO6S/c1-10-4-3-5-12(16(10)21)17(22)25-9-15(20)19-14-8-11(26(2,23)24)6-7-13(14)18/h3-8,21H,9H2,1-2H3,(H,19,20). The molecule has 2 aromatic carbocycles.